The van der Waals surface area contributed by atoms with E-state index in [9.17, 15) is 9.59 Å². The molecular weight excluding hydrogens is 372 g/mol. The molecule has 1 saturated heterocycles. The maximum Gasteiger partial charge on any atom is 0.271 e. The van der Waals surface area contributed by atoms with Gasteiger partial charge < -0.3 is 10.2 Å². The molecule has 134 valence electrons. The molecule has 1 N–H and O–H groups in total. The van der Waals surface area contributed by atoms with Gasteiger partial charge in [-0.3, -0.25) is 14.0 Å². The third-order valence-electron chi connectivity index (χ3n) is 4.45. The molecular formula is C18H17ClN4O2S. The third kappa shape index (κ3) is 3.20. The van der Waals surface area contributed by atoms with Crippen molar-refractivity contribution >= 4 is 39.7 Å². The van der Waals surface area contributed by atoms with Crippen LogP contribution in [0.25, 0.3) is 16.2 Å². The van der Waals surface area contributed by atoms with Crippen LogP contribution in [0.3, 0.4) is 0 Å². The molecule has 0 unspecified atom stereocenters. The molecule has 1 aliphatic rings. The van der Waals surface area contributed by atoms with Crippen molar-refractivity contribution < 1.29 is 9.59 Å². The lowest BCUT2D eigenvalue weighted by molar-refractivity contribution is -0.119. The summed E-state index contributed by atoms with van der Waals surface area (Å²) in [5.74, 6) is -0.103. The van der Waals surface area contributed by atoms with Gasteiger partial charge in [0.25, 0.3) is 5.91 Å². The smallest absolute Gasteiger partial charge is 0.271 e. The van der Waals surface area contributed by atoms with Crippen LogP contribution in [-0.2, 0) is 4.79 Å². The zero-order valence-electron chi connectivity index (χ0n) is 14.1. The Morgan fingerprint density at radius 2 is 2.08 bits per heavy atom. The fraction of sp³-hybridized carbons (Fsp3) is 0.278. The molecule has 0 bridgehead atoms. The van der Waals surface area contributed by atoms with Crippen molar-refractivity contribution in [1.82, 2.24) is 19.6 Å². The van der Waals surface area contributed by atoms with Gasteiger partial charge in [0.1, 0.15) is 5.69 Å². The average molecular weight is 389 g/mol. The number of thiazole rings is 1. The highest BCUT2D eigenvalue weighted by Gasteiger charge is 2.29. The van der Waals surface area contributed by atoms with E-state index in [1.165, 1.54) is 18.3 Å². The van der Waals surface area contributed by atoms with Crippen LogP contribution in [0.1, 0.15) is 23.8 Å². The molecule has 1 fully saturated rings. The molecule has 3 heterocycles. The lowest BCUT2D eigenvalue weighted by Gasteiger charge is -2.16. The minimum absolute atomic E-state index is 0.0259. The zero-order chi connectivity index (χ0) is 18.3. The molecule has 1 aromatic carbocycles. The summed E-state index contributed by atoms with van der Waals surface area (Å²) >= 11 is 7.38. The summed E-state index contributed by atoms with van der Waals surface area (Å²) in [7, 11) is 0. The first kappa shape index (κ1) is 17.1. The minimum atomic E-state index is -0.0653. The van der Waals surface area contributed by atoms with Crippen LogP contribution in [0, 0.1) is 0 Å². The highest BCUT2D eigenvalue weighted by Crippen LogP contribution is 2.26. The summed E-state index contributed by atoms with van der Waals surface area (Å²) in [4.78, 5) is 31.3. The molecule has 0 saturated carbocycles. The lowest BCUT2D eigenvalue weighted by atomic mass is 10.2. The highest BCUT2D eigenvalue weighted by atomic mass is 35.5. The number of nitrogens with one attached hydrogen (secondary N) is 1. The molecule has 0 spiro atoms. The SMILES string of the molecule is CC(=O)N[C@H]1CCN(C(=O)c2csc3nc(-c4ccc(Cl)cc4)cn23)C1. The van der Waals surface area contributed by atoms with E-state index in [2.05, 4.69) is 10.3 Å². The van der Waals surface area contributed by atoms with Crippen molar-refractivity contribution in [1.29, 1.82) is 0 Å². The number of halogens is 1. The van der Waals surface area contributed by atoms with Crippen LogP contribution in [0.5, 0.6) is 0 Å². The van der Waals surface area contributed by atoms with Gasteiger partial charge in [0, 0.05) is 48.2 Å². The first-order valence-electron chi connectivity index (χ1n) is 8.30. The van der Waals surface area contributed by atoms with Gasteiger partial charge in [-0.15, -0.1) is 11.3 Å². The first-order chi connectivity index (χ1) is 12.5. The van der Waals surface area contributed by atoms with E-state index < -0.39 is 0 Å². The number of nitrogens with zero attached hydrogens (tertiary/aromatic N) is 3. The number of imidazole rings is 1. The minimum Gasteiger partial charge on any atom is -0.352 e. The third-order valence-corrected chi connectivity index (χ3v) is 5.54. The van der Waals surface area contributed by atoms with Crippen molar-refractivity contribution in [3.05, 3.63) is 46.6 Å². The van der Waals surface area contributed by atoms with Gasteiger partial charge >= 0.3 is 0 Å². The second-order valence-corrected chi connectivity index (χ2v) is 7.62. The summed E-state index contributed by atoms with van der Waals surface area (Å²) in [6.07, 6.45) is 2.65. The number of carbonyl (C=O) groups is 2. The van der Waals surface area contributed by atoms with Gasteiger partial charge in [-0.2, -0.15) is 0 Å². The van der Waals surface area contributed by atoms with Crippen LogP contribution >= 0.6 is 22.9 Å². The van der Waals surface area contributed by atoms with E-state index in [-0.39, 0.29) is 17.9 Å². The predicted molar refractivity (Wildman–Crippen MR) is 102 cm³/mol. The van der Waals surface area contributed by atoms with Crippen LogP contribution in [0.15, 0.2) is 35.8 Å². The highest BCUT2D eigenvalue weighted by molar-refractivity contribution is 7.15. The Morgan fingerprint density at radius 3 is 2.81 bits per heavy atom. The van der Waals surface area contributed by atoms with E-state index >= 15 is 0 Å². The summed E-state index contributed by atoms with van der Waals surface area (Å²) in [5.41, 5.74) is 2.36. The average Bonchev–Trinajstić information content (AvgIpc) is 3.29. The van der Waals surface area contributed by atoms with Crippen molar-refractivity contribution in [2.75, 3.05) is 13.1 Å². The molecule has 3 aromatic rings. The van der Waals surface area contributed by atoms with Crippen molar-refractivity contribution in [3.8, 4) is 11.3 Å². The van der Waals surface area contributed by atoms with E-state index in [1.807, 2.05) is 40.2 Å². The zero-order valence-corrected chi connectivity index (χ0v) is 15.7. The Morgan fingerprint density at radius 1 is 1.31 bits per heavy atom. The Bertz CT molecular complexity index is 979. The molecule has 26 heavy (non-hydrogen) atoms. The van der Waals surface area contributed by atoms with Crippen LogP contribution in [-0.4, -0.2) is 45.2 Å². The van der Waals surface area contributed by atoms with Gasteiger partial charge in [-0.25, -0.2) is 4.98 Å². The Labute approximate surface area is 159 Å². The molecule has 8 heteroatoms. The van der Waals surface area contributed by atoms with E-state index in [0.29, 0.717) is 23.8 Å². The number of aromatic nitrogens is 2. The summed E-state index contributed by atoms with van der Waals surface area (Å²) in [6.45, 7) is 2.67. The number of rotatable bonds is 3. The molecule has 1 aliphatic heterocycles. The molecule has 2 amide bonds. The van der Waals surface area contributed by atoms with Gasteiger partial charge in [0.05, 0.1) is 5.69 Å². The Hall–Kier alpha value is -2.38. The molecule has 0 radical (unpaired) electrons. The first-order valence-corrected chi connectivity index (χ1v) is 9.56. The number of fused-ring (bicyclic) bond motifs is 1. The monoisotopic (exact) mass is 388 g/mol. The number of benzene rings is 1. The maximum atomic E-state index is 12.9. The topological polar surface area (TPSA) is 66.7 Å². The quantitative estimate of drug-likeness (QED) is 0.749. The second kappa shape index (κ2) is 6.74. The van der Waals surface area contributed by atoms with Crippen molar-refractivity contribution in [3.63, 3.8) is 0 Å². The van der Waals surface area contributed by atoms with E-state index in [1.54, 1.807) is 4.90 Å². The van der Waals surface area contributed by atoms with Gasteiger partial charge in [0.2, 0.25) is 5.91 Å². The molecule has 0 aliphatic carbocycles. The van der Waals surface area contributed by atoms with Crippen LogP contribution < -0.4 is 5.32 Å². The number of hydrogen-bond acceptors (Lipinski definition) is 4. The Kier molecular flexibility index (Phi) is 4.42. The number of hydrogen-bond donors (Lipinski definition) is 1. The molecule has 6 nitrogen and oxygen atoms in total. The largest absolute Gasteiger partial charge is 0.352 e. The molecule has 1 atom stereocenters. The maximum absolute atomic E-state index is 12.9. The lowest BCUT2D eigenvalue weighted by Crippen LogP contribution is -2.37. The van der Waals surface area contributed by atoms with Crippen LogP contribution in [0.4, 0.5) is 0 Å². The summed E-state index contributed by atoms with van der Waals surface area (Å²) in [5, 5.41) is 5.39. The fourth-order valence-corrected chi connectivity index (χ4v) is 4.18. The van der Waals surface area contributed by atoms with E-state index in [0.717, 1.165) is 22.6 Å². The van der Waals surface area contributed by atoms with Crippen LogP contribution in [0.2, 0.25) is 5.02 Å². The normalized spacial score (nSPS) is 17.0. The second-order valence-electron chi connectivity index (χ2n) is 6.34. The molecule has 2 aromatic heterocycles. The number of amides is 2. The van der Waals surface area contributed by atoms with Gasteiger partial charge in [-0.1, -0.05) is 23.7 Å². The fourth-order valence-electron chi connectivity index (χ4n) is 3.21. The van der Waals surface area contributed by atoms with Crippen molar-refractivity contribution in [2.24, 2.45) is 0 Å². The van der Waals surface area contributed by atoms with Gasteiger partial charge in [-0.05, 0) is 18.6 Å². The van der Waals surface area contributed by atoms with Gasteiger partial charge in [0.15, 0.2) is 4.96 Å². The standard InChI is InChI=1S/C18H17ClN4O2S/c1-11(24)20-14-6-7-22(8-14)17(25)16-10-26-18-21-15(9-23(16)18)12-2-4-13(19)5-3-12/h2-5,9-10,14H,6-8H2,1H3,(H,20,24)/t14-/m0/s1. The number of likely N-dealkylation sites (tertiary alicyclic amines) is 1. The molecule has 4 rings (SSSR count). The van der Waals surface area contributed by atoms with E-state index in [4.69, 9.17) is 11.6 Å². The Balaban J connectivity index is 1.58. The summed E-state index contributed by atoms with van der Waals surface area (Å²) in [6, 6.07) is 7.49. The van der Waals surface area contributed by atoms with Crippen molar-refractivity contribution in [2.45, 2.75) is 19.4 Å². The summed E-state index contributed by atoms with van der Waals surface area (Å²) < 4.78 is 1.84. The predicted octanol–water partition coefficient (Wildman–Crippen LogP) is 3.07. The number of carbonyl (C=O) groups excluding carboxylic acids is 2.